The van der Waals surface area contributed by atoms with Crippen LogP contribution in [0.4, 0.5) is 5.69 Å². The quantitative estimate of drug-likeness (QED) is 0.497. The molecule has 0 spiro atoms. The molecule has 0 aliphatic carbocycles. The average Bonchev–Trinajstić information content (AvgIpc) is 3.31. The SMILES string of the molecule is CSc1nc2nc(C)c(CC(=O)Nc3cccc(-n4nnnc4C)c3)c(C)n2n1. The molecule has 29 heavy (non-hydrogen) atoms. The monoisotopic (exact) mass is 409 g/mol. The van der Waals surface area contributed by atoms with E-state index in [9.17, 15) is 4.79 Å². The van der Waals surface area contributed by atoms with Gasteiger partial charge in [0.05, 0.1) is 12.1 Å². The molecule has 0 radical (unpaired) electrons. The van der Waals surface area contributed by atoms with Gasteiger partial charge in [-0.05, 0) is 55.7 Å². The molecular formula is C18H19N9OS. The van der Waals surface area contributed by atoms with Gasteiger partial charge in [0.25, 0.3) is 5.78 Å². The predicted octanol–water partition coefficient (Wildman–Crippen LogP) is 1.93. The third kappa shape index (κ3) is 3.68. The lowest BCUT2D eigenvalue weighted by molar-refractivity contribution is -0.115. The Kier molecular flexibility index (Phi) is 4.97. The molecule has 1 aromatic carbocycles. The Morgan fingerprint density at radius 1 is 1.21 bits per heavy atom. The minimum Gasteiger partial charge on any atom is -0.326 e. The number of nitrogens with one attached hydrogen (secondary N) is 1. The Balaban J connectivity index is 1.57. The fraction of sp³-hybridized carbons (Fsp3) is 0.278. The number of benzene rings is 1. The van der Waals surface area contributed by atoms with E-state index in [1.807, 2.05) is 51.3 Å². The standard InChI is InChI=1S/C18H19N9OS/c1-10-15(11(2)26-17(19-10)21-18(23-26)29-4)9-16(28)20-13-6-5-7-14(8-13)27-12(3)22-24-25-27/h5-8H,9H2,1-4H3,(H,20,28). The van der Waals surface area contributed by atoms with Crippen LogP contribution >= 0.6 is 11.8 Å². The van der Waals surface area contributed by atoms with Crippen molar-refractivity contribution in [2.75, 3.05) is 11.6 Å². The molecule has 0 saturated heterocycles. The highest BCUT2D eigenvalue weighted by Gasteiger charge is 2.16. The Bertz CT molecular complexity index is 1210. The summed E-state index contributed by atoms with van der Waals surface area (Å²) in [7, 11) is 0. The molecule has 3 aromatic heterocycles. The summed E-state index contributed by atoms with van der Waals surface area (Å²) in [4.78, 5) is 21.6. The zero-order valence-corrected chi connectivity index (χ0v) is 17.2. The fourth-order valence-electron chi connectivity index (χ4n) is 3.08. The Hall–Kier alpha value is -3.34. The van der Waals surface area contributed by atoms with Crippen LogP contribution in [0.25, 0.3) is 11.5 Å². The summed E-state index contributed by atoms with van der Waals surface area (Å²) in [5.41, 5.74) is 3.89. The first-order valence-electron chi connectivity index (χ1n) is 8.88. The molecule has 1 N–H and O–H groups in total. The molecule has 0 saturated carbocycles. The molecule has 0 bridgehead atoms. The lowest BCUT2D eigenvalue weighted by atomic mass is 10.1. The summed E-state index contributed by atoms with van der Waals surface area (Å²) in [5.74, 6) is 1.06. The summed E-state index contributed by atoms with van der Waals surface area (Å²) in [6, 6.07) is 7.36. The molecule has 4 rings (SSSR count). The molecule has 4 aromatic rings. The van der Waals surface area contributed by atoms with Crippen molar-refractivity contribution in [1.82, 2.24) is 39.8 Å². The smallest absolute Gasteiger partial charge is 0.253 e. The molecular weight excluding hydrogens is 390 g/mol. The van der Waals surface area contributed by atoms with Gasteiger partial charge in [0.2, 0.25) is 11.1 Å². The van der Waals surface area contributed by atoms with Crippen molar-refractivity contribution in [3.63, 3.8) is 0 Å². The number of hydrogen-bond acceptors (Lipinski definition) is 8. The van der Waals surface area contributed by atoms with Crippen LogP contribution in [0.3, 0.4) is 0 Å². The second-order valence-electron chi connectivity index (χ2n) is 6.48. The number of hydrogen-bond donors (Lipinski definition) is 1. The molecule has 0 aliphatic rings. The number of nitrogens with zero attached hydrogens (tertiary/aromatic N) is 8. The number of aromatic nitrogens is 8. The van der Waals surface area contributed by atoms with Crippen molar-refractivity contribution in [3.8, 4) is 5.69 Å². The van der Waals surface area contributed by atoms with Crippen LogP contribution in [0, 0.1) is 20.8 Å². The van der Waals surface area contributed by atoms with Crippen molar-refractivity contribution in [1.29, 1.82) is 0 Å². The zero-order chi connectivity index (χ0) is 20.5. The van der Waals surface area contributed by atoms with Gasteiger partial charge in [-0.2, -0.15) is 9.67 Å². The van der Waals surface area contributed by atoms with E-state index in [-0.39, 0.29) is 12.3 Å². The first-order chi connectivity index (χ1) is 14.0. The van der Waals surface area contributed by atoms with E-state index >= 15 is 0 Å². The molecule has 148 valence electrons. The van der Waals surface area contributed by atoms with Crippen LogP contribution in [0.5, 0.6) is 0 Å². The van der Waals surface area contributed by atoms with E-state index < -0.39 is 0 Å². The topological polar surface area (TPSA) is 116 Å². The van der Waals surface area contributed by atoms with Gasteiger partial charge in [-0.1, -0.05) is 17.8 Å². The number of anilines is 1. The third-order valence-corrected chi connectivity index (χ3v) is 5.09. The number of amides is 1. The first-order valence-corrected chi connectivity index (χ1v) is 10.1. The normalized spacial score (nSPS) is 11.2. The van der Waals surface area contributed by atoms with Gasteiger partial charge in [-0.15, -0.1) is 10.2 Å². The molecule has 11 heteroatoms. The summed E-state index contributed by atoms with van der Waals surface area (Å²) < 4.78 is 3.29. The lowest BCUT2D eigenvalue weighted by Crippen LogP contribution is -2.18. The maximum absolute atomic E-state index is 12.7. The van der Waals surface area contributed by atoms with E-state index in [0.717, 1.165) is 22.6 Å². The number of thioether (sulfide) groups is 1. The van der Waals surface area contributed by atoms with Gasteiger partial charge in [0.1, 0.15) is 0 Å². The second-order valence-corrected chi connectivity index (χ2v) is 7.26. The van der Waals surface area contributed by atoms with E-state index in [0.29, 0.717) is 22.4 Å². The van der Waals surface area contributed by atoms with Gasteiger partial charge in [0, 0.05) is 22.6 Å². The number of aryl methyl sites for hydroxylation is 3. The second kappa shape index (κ2) is 7.59. The van der Waals surface area contributed by atoms with Crippen molar-refractivity contribution in [3.05, 3.63) is 47.0 Å². The first kappa shape index (κ1) is 19.0. The highest BCUT2D eigenvalue weighted by Crippen LogP contribution is 2.19. The van der Waals surface area contributed by atoms with Crippen LogP contribution in [0.1, 0.15) is 22.8 Å². The van der Waals surface area contributed by atoms with E-state index in [1.54, 1.807) is 9.20 Å². The Morgan fingerprint density at radius 3 is 2.76 bits per heavy atom. The van der Waals surface area contributed by atoms with Crippen LogP contribution in [0.2, 0.25) is 0 Å². The van der Waals surface area contributed by atoms with Crippen LogP contribution in [-0.2, 0) is 11.2 Å². The average molecular weight is 409 g/mol. The summed E-state index contributed by atoms with van der Waals surface area (Å²) in [6.45, 7) is 5.61. The largest absolute Gasteiger partial charge is 0.326 e. The number of carbonyl (C=O) groups is 1. The number of tetrazole rings is 1. The van der Waals surface area contributed by atoms with Crippen molar-refractivity contribution >= 4 is 29.1 Å². The van der Waals surface area contributed by atoms with Gasteiger partial charge >= 0.3 is 0 Å². The summed E-state index contributed by atoms with van der Waals surface area (Å²) in [5, 5.41) is 19.5. The van der Waals surface area contributed by atoms with Gasteiger partial charge in [-0.25, -0.2) is 9.50 Å². The van der Waals surface area contributed by atoms with Crippen LogP contribution < -0.4 is 5.32 Å². The van der Waals surface area contributed by atoms with Crippen LogP contribution in [-0.4, -0.2) is 52.0 Å². The van der Waals surface area contributed by atoms with Gasteiger partial charge in [-0.3, -0.25) is 4.79 Å². The fourth-order valence-corrected chi connectivity index (χ4v) is 3.42. The Labute approximate surface area is 170 Å². The maximum Gasteiger partial charge on any atom is 0.253 e. The predicted molar refractivity (Wildman–Crippen MR) is 108 cm³/mol. The van der Waals surface area contributed by atoms with E-state index in [4.69, 9.17) is 0 Å². The lowest BCUT2D eigenvalue weighted by Gasteiger charge is -2.11. The zero-order valence-electron chi connectivity index (χ0n) is 16.4. The van der Waals surface area contributed by atoms with Crippen molar-refractivity contribution < 1.29 is 4.79 Å². The number of carbonyl (C=O) groups excluding carboxylic acids is 1. The summed E-state index contributed by atoms with van der Waals surface area (Å²) >= 11 is 1.45. The number of rotatable bonds is 5. The third-order valence-electron chi connectivity index (χ3n) is 4.55. The molecule has 0 fully saturated rings. The van der Waals surface area contributed by atoms with Gasteiger partial charge in [0.15, 0.2) is 5.82 Å². The molecule has 1 amide bonds. The minimum atomic E-state index is -0.145. The van der Waals surface area contributed by atoms with Crippen molar-refractivity contribution in [2.24, 2.45) is 0 Å². The molecule has 0 aliphatic heterocycles. The minimum absolute atomic E-state index is 0.145. The van der Waals surface area contributed by atoms with Crippen LogP contribution in [0.15, 0.2) is 29.4 Å². The molecule has 3 heterocycles. The Morgan fingerprint density at radius 2 is 2.03 bits per heavy atom. The highest BCUT2D eigenvalue weighted by atomic mass is 32.2. The molecule has 10 nitrogen and oxygen atoms in total. The van der Waals surface area contributed by atoms with E-state index in [1.165, 1.54) is 11.8 Å². The maximum atomic E-state index is 12.7. The highest BCUT2D eigenvalue weighted by molar-refractivity contribution is 7.98. The summed E-state index contributed by atoms with van der Waals surface area (Å²) in [6.07, 6.45) is 2.10. The van der Waals surface area contributed by atoms with Gasteiger partial charge < -0.3 is 5.32 Å². The van der Waals surface area contributed by atoms with Crippen molar-refractivity contribution in [2.45, 2.75) is 32.3 Å². The number of fused-ring (bicyclic) bond motifs is 1. The molecule has 0 atom stereocenters. The molecule has 0 unspecified atom stereocenters. The van der Waals surface area contributed by atoms with E-state index in [2.05, 4.69) is 35.9 Å².